The Balaban J connectivity index is 1.23. The summed E-state index contributed by atoms with van der Waals surface area (Å²) in [7, 11) is 1.85. The van der Waals surface area contributed by atoms with E-state index in [1.54, 1.807) is 29.2 Å². The lowest BCUT2D eigenvalue weighted by Gasteiger charge is -2.22. The molecule has 2 aliphatic rings. The van der Waals surface area contributed by atoms with Gasteiger partial charge in [0.15, 0.2) is 5.69 Å². The highest BCUT2D eigenvalue weighted by molar-refractivity contribution is 5.92. The Bertz CT molecular complexity index is 914. The summed E-state index contributed by atoms with van der Waals surface area (Å²) >= 11 is 0. The third kappa shape index (κ3) is 5.64. The highest BCUT2D eigenvalue weighted by atomic mass is 19.1. The number of ether oxygens (including phenoxy) is 2. The lowest BCUT2D eigenvalue weighted by atomic mass is 10.2. The van der Waals surface area contributed by atoms with Gasteiger partial charge < -0.3 is 19.7 Å². The van der Waals surface area contributed by atoms with E-state index in [4.69, 9.17) is 9.47 Å². The van der Waals surface area contributed by atoms with Crippen LogP contribution >= 0.6 is 0 Å². The zero-order chi connectivity index (χ0) is 22.5. The molecular formula is C22H26FN5O4. The number of nitrogens with one attached hydrogen (secondary N) is 1. The topological polar surface area (TPSA) is 96.9 Å². The van der Waals surface area contributed by atoms with Crippen molar-refractivity contribution in [3.05, 3.63) is 59.7 Å². The van der Waals surface area contributed by atoms with Crippen LogP contribution in [0, 0.1) is 5.82 Å². The monoisotopic (exact) mass is 443 g/mol. The molecule has 170 valence electrons. The summed E-state index contributed by atoms with van der Waals surface area (Å²) in [6.07, 6.45) is 1.03. The van der Waals surface area contributed by atoms with Crippen molar-refractivity contribution < 1.29 is 23.5 Å². The molecule has 10 heteroatoms. The zero-order valence-electron chi connectivity index (χ0n) is 17.8. The van der Waals surface area contributed by atoms with Gasteiger partial charge in [0.05, 0.1) is 25.8 Å². The quantitative estimate of drug-likeness (QED) is 0.693. The van der Waals surface area contributed by atoms with Crippen molar-refractivity contribution in [2.75, 3.05) is 39.9 Å². The van der Waals surface area contributed by atoms with Gasteiger partial charge in [-0.3, -0.25) is 14.5 Å². The summed E-state index contributed by atoms with van der Waals surface area (Å²) in [5.74, 6) is -0.621. The Hall–Kier alpha value is -2.95. The Labute approximate surface area is 185 Å². The van der Waals surface area contributed by atoms with E-state index < -0.39 is 0 Å². The molecule has 1 aromatic heterocycles. The number of amides is 2. The first-order valence-corrected chi connectivity index (χ1v) is 10.5. The number of nitrogens with zero attached hydrogens (tertiary/aromatic N) is 4. The van der Waals surface area contributed by atoms with Gasteiger partial charge in [0.25, 0.3) is 5.91 Å². The summed E-state index contributed by atoms with van der Waals surface area (Å²) < 4.78 is 25.0. The number of rotatable bonds is 6. The number of likely N-dealkylation sites (N-methyl/N-ethyl adjacent to an activating group) is 1. The molecule has 2 saturated heterocycles. The minimum absolute atomic E-state index is 0.0117. The van der Waals surface area contributed by atoms with Gasteiger partial charge in [-0.15, -0.1) is 5.10 Å². The molecule has 32 heavy (non-hydrogen) atoms. The SMILES string of the molecule is CN(CC(=O)N1C[C@@H]2OCC(NC(=O)c3cccnn3)CO[C@H]2C1)Cc1ccc(F)cc1. The van der Waals surface area contributed by atoms with Crippen molar-refractivity contribution >= 4 is 11.8 Å². The fraction of sp³-hybridized carbons (Fsp3) is 0.455. The number of likely N-dealkylation sites (tertiary alicyclic amines) is 1. The normalized spacial score (nSPS) is 21.3. The van der Waals surface area contributed by atoms with Crippen LogP contribution in [0.1, 0.15) is 16.1 Å². The summed E-state index contributed by atoms with van der Waals surface area (Å²) in [6, 6.07) is 9.19. The second-order valence-electron chi connectivity index (χ2n) is 8.12. The number of aromatic nitrogens is 2. The van der Waals surface area contributed by atoms with E-state index in [2.05, 4.69) is 15.5 Å². The van der Waals surface area contributed by atoms with Gasteiger partial charge in [-0.2, -0.15) is 5.10 Å². The summed E-state index contributed by atoms with van der Waals surface area (Å²) in [5.41, 5.74) is 1.17. The summed E-state index contributed by atoms with van der Waals surface area (Å²) in [6.45, 7) is 2.26. The van der Waals surface area contributed by atoms with Gasteiger partial charge in [-0.1, -0.05) is 12.1 Å². The van der Waals surface area contributed by atoms with Crippen LogP contribution in [0.4, 0.5) is 4.39 Å². The van der Waals surface area contributed by atoms with Crippen LogP contribution in [0.2, 0.25) is 0 Å². The number of hydrogen-bond donors (Lipinski definition) is 1. The van der Waals surface area contributed by atoms with Crippen molar-refractivity contribution in [3.8, 4) is 0 Å². The van der Waals surface area contributed by atoms with Gasteiger partial charge in [0, 0.05) is 25.8 Å². The second-order valence-corrected chi connectivity index (χ2v) is 8.12. The number of halogens is 1. The second kappa shape index (κ2) is 10.1. The van der Waals surface area contributed by atoms with Crippen LogP contribution in [-0.2, 0) is 20.8 Å². The van der Waals surface area contributed by atoms with Crippen LogP contribution in [0.25, 0.3) is 0 Å². The molecule has 2 aromatic rings. The van der Waals surface area contributed by atoms with E-state index in [1.165, 1.54) is 18.3 Å². The molecule has 1 N–H and O–H groups in total. The third-order valence-corrected chi connectivity index (χ3v) is 5.50. The number of carbonyl (C=O) groups is 2. The largest absolute Gasteiger partial charge is 0.371 e. The number of carbonyl (C=O) groups excluding carboxylic acids is 2. The average molecular weight is 443 g/mol. The zero-order valence-corrected chi connectivity index (χ0v) is 17.8. The Morgan fingerprint density at radius 2 is 1.84 bits per heavy atom. The fourth-order valence-electron chi connectivity index (χ4n) is 3.85. The van der Waals surface area contributed by atoms with E-state index in [0.29, 0.717) is 32.8 Å². The molecule has 2 amide bonds. The first-order chi connectivity index (χ1) is 15.5. The van der Waals surface area contributed by atoms with E-state index in [0.717, 1.165) is 5.56 Å². The van der Waals surface area contributed by atoms with Crippen LogP contribution < -0.4 is 5.32 Å². The summed E-state index contributed by atoms with van der Waals surface area (Å²) in [4.78, 5) is 28.6. The van der Waals surface area contributed by atoms with Crippen LogP contribution in [0.5, 0.6) is 0 Å². The maximum absolute atomic E-state index is 13.1. The summed E-state index contributed by atoms with van der Waals surface area (Å²) in [5, 5.41) is 10.4. The van der Waals surface area contributed by atoms with Crippen molar-refractivity contribution in [2.45, 2.75) is 24.8 Å². The first-order valence-electron chi connectivity index (χ1n) is 10.5. The number of benzene rings is 1. The van der Waals surface area contributed by atoms with E-state index in [1.807, 2.05) is 11.9 Å². The van der Waals surface area contributed by atoms with E-state index in [-0.39, 0.29) is 48.1 Å². The van der Waals surface area contributed by atoms with Gasteiger partial charge in [0.2, 0.25) is 5.91 Å². The average Bonchev–Trinajstić information content (AvgIpc) is 3.12. The Morgan fingerprint density at radius 3 is 2.47 bits per heavy atom. The van der Waals surface area contributed by atoms with Gasteiger partial charge in [0.1, 0.15) is 18.0 Å². The van der Waals surface area contributed by atoms with Crippen molar-refractivity contribution in [1.82, 2.24) is 25.3 Å². The fourth-order valence-corrected chi connectivity index (χ4v) is 3.85. The van der Waals surface area contributed by atoms with Crippen LogP contribution in [0.3, 0.4) is 0 Å². The molecule has 0 unspecified atom stereocenters. The molecule has 2 aliphatic heterocycles. The molecular weight excluding hydrogens is 417 g/mol. The van der Waals surface area contributed by atoms with E-state index in [9.17, 15) is 14.0 Å². The Morgan fingerprint density at radius 1 is 1.16 bits per heavy atom. The minimum atomic E-state index is -0.330. The molecule has 2 atom stereocenters. The predicted octanol–water partition coefficient (Wildman–Crippen LogP) is 0.472. The minimum Gasteiger partial charge on any atom is -0.371 e. The highest BCUT2D eigenvalue weighted by Crippen LogP contribution is 2.20. The molecule has 4 rings (SSSR count). The van der Waals surface area contributed by atoms with E-state index >= 15 is 0 Å². The van der Waals surface area contributed by atoms with Crippen molar-refractivity contribution in [2.24, 2.45) is 0 Å². The molecule has 0 spiro atoms. The smallest absolute Gasteiger partial charge is 0.272 e. The van der Waals surface area contributed by atoms with Gasteiger partial charge >= 0.3 is 0 Å². The molecule has 3 heterocycles. The molecule has 0 saturated carbocycles. The van der Waals surface area contributed by atoms with Crippen molar-refractivity contribution in [1.29, 1.82) is 0 Å². The maximum atomic E-state index is 13.1. The van der Waals surface area contributed by atoms with Gasteiger partial charge in [-0.05, 0) is 36.9 Å². The number of hydrogen-bond acceptors (Lipinski definition) is 7. The first kappa shape index (κ1) is 22.3. The molecule has 0 bridgehead atoms. The number of fused-ring (bicyclic) bond motifs is 1. The van der Waals surface area contributed by atoms with Gasteiger partial charge in [-0.25, -0.2) is 4.39 Å². The molecule has 0 radical (unpaired) electrons. The van der Waals surface area contributed by atoms with Crippen LogP contribution in [-0.4, -0.2) is 90.0 Å². The molecule has 2 fully saturated rings. The standard InChI is InChI=1S/C22H26FN5O4/c1-27(9-15-4-6-16(23)7-5-15)12-21(29)28-10-19-20(11-28)32-14-17(13-31-19)25-22(30)18-3-2-8-24-26-18/h2-8,17,19-20H,9-14H2,1H3,(H,25,30)/t19-,20-/m0/s1. The maximum Gasteiger partial charge on any atom is 0.272 e. The predicted molar refractivity (Wildman–Crippen MR) is 112 cm³/mol. The highest BCUT2D eigenvalue weighted by Gasteiger charge is 2.39. The third-order valence-electron chi connectivity index (χ3n) is 5.50. The van der Waals surface area contributed by atoms with Crippen molar-refractivity contribution in [3.63, 3.8) is 0 Å². The lowest BCUT2D eigenvalue weighted by Crippen LogP contribution is -2.42. The van der Waals surface area contributed by atoms with Crippen LogP contribution in [0.15, 0.2) is 42.6 Å². The molecule has 9 nitrogen and oxygen atoms in total. The Kier molecular flexibility index (Phi) is 7.03. The lowest BCUT2D eigenvalue weighted by molar-refractivity contribution is -0.132. The molecule has 0 aliphatic carbocycles. The molecule has 1 aromatic carbocycles.